The van der Waals surface area contributed by atoms with Crippen molar-refractivity contribution in [2.45, 2.75) is 26.7 Å². The molecule has 4 aromatic carbocycles. The van der Waals surface area contributed by atoms with Gasteiger partial charge < -0.3 is 14.2 Å². The SMILES string of the molecule is COc1cc(/C=C/c2cccc3ccccc23)ccc1OC(=O)COc1cc(C)ccc1C(C)C. The van der Waals surface area contributed by atoms with Crippen LogP contribution in [0.25, 0.3) is 22.9 Å². The Morgan fingerprint density at radius 3 is 2.46 bits per heavy atom. The lowest BCUT2D eigenvalue weighted by atomic mass is 10.0. The molecule has 0 unspecified atom stereocenters. The number of aryl methyl sites for hydroxylation is 1. The summed E-state index contributed by atoms with van der Waals surface area (Å²) >= 11 is 0. The minimum Gasteiger partial charge on any atom is -0.493 e. The molecule has 0 aliphatic carbocycles. The van der Waals surface area contributed by atoms with Crippen LogP contribution in [0.1, 0.15) is 42.0 Å². The van der Waals surface area contributed by atoms with Gasteiger partial charge in [-0.25, -0.2) is 4.79 Å². The van der Waals surface area contributed by atoms with Crippen molar-refractivity contribution < 1.29 is 19.0 Å². The summed E-state index contributed by atoms with van der Waals surface area (Å²) in [4.78, 5) is 12.5. The van der Waals surface area contributed by atoms with Gasteiger partial charge in [-0.1, -0.05) is 86.7 Å². The van der Waals surface area contributed by atoms with Crippen molar-refractivity contribution >= 4 is 28.9 Å². The van der Waals surface area contributed by atoms with E-state index < -0.39 is 5.97 Å². The molecule has 0 N–H and O–H groups in total. The van der Waals surface area contributed by atoms with Crippen LogP contribution in [-0.2, 0) is 4.79 Å². The topological polar surface area (TPSA) is 44.8 Å². The highest BCUT2D eigenvalue weighted by Gasteiger charge is 2.14. The van der Waals surface area contributed by atoms with Gasteiger partial charge >= 0.3 is 5.97 Å². The minimum absolute atomic E-state index is 0.185. The third-order valence-corrected chi connectivity index (χ3v) is 5.83. The Bertz CT molecular complexity index is 1360. The number of carbonyl (C=O) groups is 1. The van der Waals surface area contributed by atoms with Crippen LogP contribution in [0.3, 0.4) is 0 Å². The largest absolute Gasteiger partial charge is 0.493 e. The van der Waals surface area contributed by atoms with Gasteiger partial charge in [0, 0.05) is 0 Å². The molecule has 178 valence electrons. The van der Waals surface area contributed by atoms with Crippen LogP contribution in [0.5, 0.6) is 17.2 Å². The Balaban J connectivity index is 1.45. The van der Waals surface area contributed by atoms with E-state index in [-0.39, 0.29) is 12.5 Å². The molecule has 0 atom stereocenters. The molecule has 4 nitrogen and oxygen atoms in total. The van der Waals surface area contributed by atoms with Gasteiger partial charge in [-0.2, -0.15) is 0 Å². The lowest BCUT2D eigenvalue weighted by Gasteiger charge is -2.15. The molecular weight excluding hydrogens is 436 g/mol. The van der Waals surface area contributed by atoms with Crippen molar-refractivity contribution in [1.29, 1.82) is 0 Å². The Morgan fingerprint density at radius 1 is 0.857 bits per heavy atom. The molecule has 35 heavy (non-hydrogen) atoms. The van der Waals surface area contributed by atoms with Crippen LogP contribution < -0.4 is 14.2 Å². The molecule has 0 aromatic heterocycles. The predicted molar refractivity (Wildman–Crippen MR) is 142 cm³/mol. The molecule has 0 heterocycles. The van der Waals surface area contributed by atoms with Crippen molar-refractivity contribution in [2.24, 2.45) is 0 Å². The monoisotopic (exact) mass is 466 g/mol. The Kier molecular flexibility index (Phi) is 7.51. The zero-order valence-electron chi connectivity index (χ0n) is 20.6. The van der Waals surface area contributed by atoms with Crippen molar-refractivity contribution in [3.05, 3.63) is 101 Å². The standard InChI is InChI=1S/C31H30O4/c1-21(2)26-16-12-22(3)18-29(26)34-20-31(32)35-28-17-14-23(19-30(28)33-4)13-15-25-10-7-9-24-8-5-6-11-27(24)25/h5-19,21H,20H2,1-4H3/b15-13+. The Hall–Kier alpha value is -4.05. The summed E-state index contributed by atoms with van der Waals surface area (Å²) in [6.07, 6.45) is 4.09. The van der Waals surface area contributed by atoms with Crippen LogP contribution >= 0.6 is 0 Å². The molecule has 0 saturated carbocycles. The minimum atomic E-state index is -0.487. The number of methoxy groups -OCH3 is 1. The molecule has 0 bridgehead atoms. The molecule has 0 aliphatic heterocycles. The summed E-state index contributed by atoms with van der Waals surface area (Å²) in [5.74, 6) is 1.35. The summed E-state index contributed by atoms with van der Waals surface area (Å²) in [6.45, 7) is 6.00. The molecule has 4 aromatic rings. The maximum atomic E-state index is 12.5. The fourth-order valence-corrected chi connectivity index (χ4v) is 3.99. The van der Waals surface area contributed by atoms with E-state index in [0.29, 0.717) is 17.2 Å². The van der Waals surface area contributed by atoms with Crippen molar-refractivity contribution in [2.75, 3.05) is 13.7 Å². The van der Waals surface area contributed by atoms with Crippen molar-refractivity contribution in [1.82, 2.24) is 0 Å². The first-order valence-corrected chi connectivity index (χ1v) is 11.7. The fraction of sp³-hybridized carbons (Fsp3) is 0.194. The molecule has 0 aliphatic rings. The third-order valence-electron chi connectivity index (χ3n) is 5.83. The number of fused-ring (bicyclic) bond motifs is 1. The van der Waals surface area contributed by atoms with Gasteiger partial charge in [0.15, 0.2) is 18.1 Å². The van der Waals surface area contributed by atoms with E-state index in [9.17, 15) is 4.79 Å². The normalized spacial score (nSPS) is 11.2. The number of carbonyl (C=O) groups excluding carboxylic acids is 1. The second-order valence-corrected chi connectivity index (χ2v) is 8.77. The van der Waals surface area contributed by atoms with E-state index >= 15 is 0 Å². The number of rotatable bonds is 8. The number of benzene rings is 4. The van der Waals surface area contributed by atoms with E-state index in [2.05, 4.69) is 44.2 Å². The van der Waals surface area contributed by atoms with Gasteiger partial charge in [0.25, 0.3) is 0 Å². The van der Waals surface area contributed by atoms with Gasteiger partial charge in [0.05, 0.1) is 7.11 Å². The van der Waals surface area contributed by atoms with E-state index in [1.807, 2.05) is 61.5 Å². The zero-order chi connectivity index (χ0) is 24.8. The van der Waals surface area contributed by atoms with E-state index in [1.165, 1.54) is 10.8 Å². The van der Waals surface area contributed by atoms with Gasteiger partial charge in [-0.15, -0.1) is 0 Å². The highest BCUT2D eigenvalue weighted by molar-refractivity contribution is 5.92. The second-order valence-electron chi connectivity index (χ2n) is 8.77. The molecule has 4 rings (SSSR count). The highest BCUT2D eigenvalue weighted by atomic mass is 16.6. The smallest absolute Gasteiger partial charge is 0.349 e. The lowest BCUT2D eigenvalue weighted by Crippen LogP contribution is -2.18. The van der Waals surface area contributed by atoms with Gasteiger partial charge in [0.1, 0.15) is 5.75 Å². The van der Waals surface area contributed by atoms with Crippen LogP contribution in [0.4, 0.5) is 0 Å². The van der Waals surface area contributed by atoms with E-state index in [0.717, 1.165) is 22.3 Å². The van der Waals surface area contributed by atoms with Crippen LogP contribution in [-0.4, -0.2) is 19.7 Å². The molecule has 0 amide bonds. The number of hydrogen-bond donors (Lipinski definition) is 0. The average Bonchev–Trinajstić information content (AvgIpc) is 2.86. The summed E-state index contributed by atoms with van der Waals surface area (Å²) in [6, 6.07) is 26.0. The molecule has 0 radical (unpaired) electrons. The summed E-state index contributed by atoms with van der Waals surface area (Å²) in [5.41, 5.74) is 4.20. The first-order valence-electron chi connectivity index (χ1n) is 11.7. The maximum Gasteiger partial charge on any atom is 0.349 e. The fourth-order valence-electron chi connectivity index (χ4n) is 3.99. The quantitative estimate of drug-likeness (QED) is 0.154. The third kappa shape index (κ3) is 5.90. The molecule has 0 fully saturated rings. The Labute approximate surface area is 206 Å². The van der Waals surface area contributed by atoms with Crippen molar-refractivity contribution in [3.63, 3.8) is 0 Å². The molecule has 0 saturated heterocycles. The summed E-state index contributed by atoms with van der Waals surface area (Å²) in [5, 5.41) is 2.39. The van der Waals surface area contributed by atoms with E-state index in [1.54, 1.807) is 13.2 Å². The highest BCUT2D eigenvalue weighted by Crippen LogP contribution is 2.30. The number of ether oxygens (including phenoxy) is 3. The van der Waals surface area contributed by atoms with Gasteiger partial charge in [0.2, 0.25) is 0 Å². The maximum absolute atomic E-state index is 12.5. The number of esters is 1. The van der Waals surface area contributed by atoms with Gasteiger partial charge in [-0.3, -0.25) is 0 Å². The first-order chi connectivity index (χ1) is 16.9. The molecule has 0 spiro atoms. The van der Waals surface area contributed by atoms with Crippen LogP contribution in [0, 0.1) is 6.92 Å². The summed E-state index contributed by atoms with van der Waals surface area (Å²) in [7, 11) is 1.56. The molecule has 4 heteroatoms. The second kappa shape index (κ2) is 10.9. The predicted octanol–water partition coefficient (Wildman–Crippen LogP) is 7.44. The van der Waals surface area contributed by atoms with Crippen LogP contribution in [0.2, 0.25) is 0 Å². The summed E-state index contributed by atoms with van der Waals surface area (Å²) < 4.78 is 16.8. The van der Waals surface area contributed by atoms with E-state index in [4.69, 9.17) is 14.2 Å². The Morgan fingerprint density at radius 2 is 1.66 bits per heavy atom. The average molecular weight is 467 g/mol. The number of hydrogen-bond acceptors (Lipinski definition) is 4. The first kappa shape index (κ1) is 24.1. The van der Waals surface area contributed by atoms with Gasteiger partial charge in [-0.05, 0) is 64.1 Å². The lowest BCUT2D eigenvalue weighted by molar-refractivity contribution is -0.136. The van der Waals surface area contributed by atoms with Crippen molar-refractivity contribution in [3.8, 4) is 17.2 Å². The molecular formula is C31H30O4. The zero-order valence-corrected chi connectivity index (χ0v) is 20.6. The van der Waals surface area contributed by atoms with Crippen LogP contribution in [0.15, 0.2) is 78.9 Å².